The van der Waals surface area contributed by atoms with Crippen molar-refractivity contribution in [3.8, 4) is 23.0 Å². The van der Waals surface area contributed by atoms with E-state index in [1.165, 1.54) is 6.07 Å². The van der Waals surface area contributed by atoms with Crippen LogP contribution in [-0.2, 0) is 4.79 Å². The van der Waals surface area contributed by atoms with E-state index in [1.807, 2.05) is 29.2 Å². The van der Waals surface area contributed by atoms with E-state index in [0.29, 0.717) is 49.3 Å². The van der Waals surface area contributed by atoms with Crippen molar-refractivity contribution < 1.29 is 19.0 Å². The predicted octanol–water partition coefficient (Wildman–Crippen LogP) is 4.87. The number of phenols is 1. The molecule has 8 nitrogen and oxygen atoms in total. The highest BCUT2D eigenvalue weighted by Crippen LogP contribution is 2.40. The summed E-state index contributed by atoms with van der Waals surface area (Å²) in [6, 6.07) is 10.8. The Labute approximate surface area is 225 Å². The Balaban J connectivity index is 1.35. The molecular weight excluding hydrogens is 497 g/mol. The molecule has 3 saturated heterocycles. The van der Waals surface area contributed by atoms with Crippen molar-refractivity contribution in [1.82, 2.24) is 19.9 Å². The molecule has 3 fully saturated rings. The van der Waals surface area contributed by atoms with Gasteiger partial charge >= 0.3 is 6.01 Å². The van der Waals surface area contributed by atoms with Gasteiger partial charge in [-0.25, -0.2) is 4.39 Å². The van der Waals surface area contributed by atoms with E-state index in [1.54, 1.807) is 12.3 Å². The Morgan fingerprint density at radius 2 is 1.77 bits per heavy atom. The van der Waals surface area contributed by atoms with Crippen LogP contribution in [-0.4, -0.2) is 69.1 Å². The molecule has 0 bridgehead atoms. The normalized spacial score (nSPS) is 19.2. The number of pyridine rings is 1. The van der Waals surface area contributed by atoms with Crippen LogP contribution in [0.2, 0.25) is 0 Å². The summed E-state index contributed by atoms with van der Waals surface area (Å²) in [5.41, 5.74) is 0.716. The first-order valence-corrected chi connectivity index (χ1v) is 13.7. The van der Waals surface area contributed by atoms with Gasteiger partial charge < -0.3 is 14.7 Å². The number of halogens is 1. The first kappa shape index (κ1) is 24.2. The second-order valence-electron chi connectivity index (χ2n) is 11.0. The Bertz CT molecular complexity index is 1590. The highest BCUT2D eigenvalue weighted by molar-refractivity contribution is 6.00. The third-order valence-corrected chi connectivity index (χ3v) is 8.65. The van der Waals surface area contributed by atoms with E-state index in [9.17, 15) is 9.90 Å². The number of carbonyl (C=O) groups excluding carboxylic acids is 1. The number of aromatic nitrogens is 3. The molecule has 0 amide bonds. The van der Waals surface area contributed by atoms with Crippen LogP contribution < -0.4 is 9.64 Å². The fraction of sp³-hybridized carbons (Fsp3) is 0.400. The van der Waals surface area contributed by atoms with Crippen molar-refractivity contribution in [3.05, 3.63) is 48.4 Å². The molecular formula is C30H30FN5O3. The minimum atomic E-state index is -0.591. The predicted molar refractivity (Wildman–Crippen MR) is 147 cm³/mol. The summed E-state index contributed by atoms with van der Waals surface area (Å²) in [6.45, 7) is 3.63. The van der Waals surface area contributed by atoms with E-state index in [2.05, 4.69) is 14.9 Å². The van der Waals surface area contributed by atoms with E-state index in [4.69, 9.17) is 9.72 Å². The molecule has 2 aromatic heterocycles. The monoisotopic (exact) mass is 527 g/mol. The third-order valence-electron chi connectivity index (χ3n) is 8.65. The average molecular weight is 528 g/mol. The number of ketones is 1. The van der Waals surface area contributed by atoms with Gasteiger partial charge in [-0.15, -0.1) is 0 Å². The van der Waals surface area contributed by atoms with Gasteiger partial charge in [0.15, 0.2) is 5.82 Å². The summed E-state index contributed by atoms with van der Waals surface area (Å²) in [5.74, 6) is 0.192. The maximum Gasteiger partial charge on any atom is 0.319 e. The maximum atomic E-state index is 16.4. The SMILES string of the molecule is O=C1CCN(c2nc(OCC34CCCN3CCC4)nc3c(F)c(-c4cc(O)cc5ccccc45)ncc23)CC1. The lowest BCUT2D eigenvalue weighted by Gasteiger charge is -2.32. The molecule has 9 heteroatoms. The Hall–Kier alpha value is -3.85. The fourth-order valence-electron chi connectivity index (χ4n) is 6.63. The Morgan fingerprint density at radius 1 is 1.00 bits per heavy atom. The van der Waals surface area contributed by atoms with Crippen LogP contribution >= 0.6 is 0 Å². The molecule has 0 radical (unpaired) electrons. The molecule has 5 heterocycles. The summed E-state index contributed by atoms with van der Waals surface area (Å²) < 4.78 is 22.6. The van der Waals surface area contributed by atoms with E-state index >= 15 is 4.39 Å². The molecule has 0 spiro atoms. The van der Waals surface area contributed by atoms with Gasteiger partial charge in [-0.2, -0.15) is 9.97 Å². The van der Waals surface area contributed by atoms with Gasteiger partial charge in [-0.05, 0) is 61.7 Å². The largest absolute Gasteiger partial charge is 0.508 e. The van der Waals surface area contributed by atoms with Crippen molar-refractivity contribution in [2.75, 3.05) is 37.7 Å². The number of benzene rings is 2. The molecule has 0 unspecified atom stereocenters. The van der Waals surface area contributed by atoms with Crippen LogP contribution in [0.25, 0.3) is 32.9 Å². The van der Waals surface area contributed by atoms with Crippen LogP contribution in [0.1, 0.15) is 38.5 Å². The fourth-order valence-corrected chi connectivity index (χ4v) is 6.63. The smallest absolute Gasteiger partial charge is 0.319 e. The van der Waals surface area contributed by atoms with E-state index in [-0.39, 0.29) is 34.3 Å². The number of carbonyl (C=O) groups is 1. The van der Waals surface area contributed by atoms with Crippen LogP contribution in [0, 0.1) is 5.82 Å². The van der Waals surface area contributed by atoms with Gasteiger partial charge in [0, 0.05) is 37.7 Å². The number of rotatable bonds is 5. The summed E-state index contributed by atoms with van der Waals surface area (Å²) in [4.78, 5) is 30.3. The average Bonchev–Trinajstić information content (AvgIpc) is 3.53. The van der Waals surface area contributed by atoms with Crippen molar-refractivity contribution >= 4 is 33.3 Å². The van der Waals surface area contributed by atoms with Crippen molar-refractivity contribution in [2.45, 2.75) is 44.1 Å². The number of piperidine rings is 1. The number of ether oxygens (including phenoxy) is 1. The summed E-state index contributed by atoms with van der Waals surface area (Å²) in [5, 5.41) is 12.4. The second-order valence-corrected chi connectivity index (χ2v) is 11.0. The maximum absolute atomic E-state index is 16.4. The summed E-state index contributed by atoms with van der Waals surface area (Å²) >= 11 is 0. The molecule has 7 rings (SSSR count). The molecule has 3 aliphatic rings. The van der Waals surface area contributed by atoms with Crippen molar-refractivity contribution in [1.29, 1.82) is 0 Å². The molecule has 39 heavy (non-hydrogen) atoms. The molecule has 0 atom stereocenters. The molecule has 0 saturated carbocycles. The molecule has 2 aromatic carbocycles. The lowest BCUT2D eigenvalue weighted by atomic mass is 9.95. The summed E-state index contributed by atoms with van der Waals surface area (Å²) in [6.07, 6.45) is 6.89. The zero-order chi connectivity index (χ0) is 26.6. The van der Waals surface area contributed by atoms with Crippen LogP contribution in [0.4, 0.5) is 10.2 Å². The zero-order valence-corrected chi connectivity index (χ0v) is 21.7. The number of hydrogen-bond donors (Lipinski definition) is 1. The van der Waals surface area contributed by atoms with Gasteiger partial charge in [0.2, 0.25) is 0 Å². The van der Waals surface area contributed by atoms with Crippen LogP contribution in [0.5, 0.6) is 11.8 Å². The first-order valence-electron chi connectivity index (χ1n) is 13.7. The second kappa shape index (κ2) is 9.41. The number of aromatic hydroxyl groups is 1. The molecule has 4 aromatic rings. The van der Waals surface area contributed by atoms with E-state index < -0.39 is 5.82 Å². The highest BCUT2D eigenvalue weighted by atomic mass is 19.1. The van der Waals surface area contributed by atoms with Gasteiger partial charge in [-0.1, -0.05) is 24.3 Å². The Kier molecular flexibility index (Phi) is 5.84. The van der Waals surface area contributed by atoms with Crippen LogP contribution in [0.15, 0.2) is 42.6 Å². The van der Waals surface area contributed by atoms with Gasteiger partial charge in [0.05, 0.1) is 10.9 Å². The zero-order valence-electron chi connectivity index (χ0n) is 21.7. The van der Waals surface area contributed by atoms with E-state index in [0.717, 1.165) is 49.5 Å². The van der Waals surface area contributed by atoms with Gasteiger partial charge in [0.1, 0.15) is 35.2 Å². The third kappa shape index (κ3) is 4.16. The minimum absolute atomic E-state index is 0.00153. The summed E-state index contributed by atoms with van der Waals surface area (Å²) in [7, 11) is 0. The van der Waals surface area contributed by atoms with Crippen molar-refractivity contribution in [2.24, 2.45) is 0 Å². The van der Waals surface area contributed by atoms with Crippen molar-refractivity contribution in [3.63, 3.8) is 0 Å². The number of nitrogens with zero attached hydrogens (tertiary/aromatic N) is 5. The lowest BCUT2D eigenvalue weighted by Crippen LogP contribution is -2.43. The number of anilines is 1. The standard InChI is InChI=1S/C30H30FN5O3/c31-25-26(23-16-21(38)15-19-5-1-2-6-22(19)23)32-17-24-27(25)33-29(34-28(24)35-13-7-20(37)8-14-35)39-18-30-9-3-11-36(30)12-4-10-30/h1-2,5-6,15-17,38H,3-4,7-14,18H2. The number of phenolic OH excluding ortho intramolecular Hbond substituents is 1. The number of hydrogen-bond acceptors (Lipinski definition) is 8. The number of Topliss-reactive ketones (excluding diaryl/α,β-unsaturated/α-hetero) is 1. The Morgan fingerprint density at radius 3 is 2.56 bits per heavy atom. The molecule has 0 aliphatic carbocycles. The minimum Gasteiger partial charge on any atom is -0.508 e. The lowest BCUT2D eigenvalue weighted by molar-refractivity contribution is -0.119. The number of fused-ring (bicyclic) bond motifs is 3. The van der Waals surface area contributed by atoms with Gasteiger partial charge in [0.25, 0.3) is 0 Å². The molecule has 1 N–H and O–H groups in total. The first-order chi connectivity index (χ1) is 19.0. The van der Waals surface area contributed by atoms with Gasteiger partial charge in [-0.3, -0.25) is 14.7 Å². The van der Waals surface area contributed by atoms with Crippen LogP contribution in [0.3, 0.4) is 0 Å². The topological polar surface area (TPSA) is 91.7 Å². The highest BCUT2D eigenvalue weighted by Gasteiger charge is 2.45. The quantitative estimate of drug-likeness (QED) is 0.393. The molecule has 3 aliphatic heterocycles. The molecule has 200 valence electrons.